The number of nitrogens with zero attached hydrogens (tertiary/aromatic N) is 4. The summed E-state index contributed by atoms with van der Waals surface area (Å²) in [4.78, 5) is 16.7. The molecule has 1 N–H and O–H groups in total. The molecule has 0 unspecified atom stereocenters. The lowest BCUT2D eigenvalue weighted by Gasteiger charge is -2.09. The van der Waals surface area contributed by atoms with E-state index in [1.54, 1.807) is 19.9 Å². The van der Waals surface area contributed by atoms with Crippen LogP contribution in [0.2, 0.25) is 0 Å². The minimum atomic E-state index is -0.387. The van der Waals surface area contributed by atoms with Crippen molar-refractivity contribution in [1.82, 2.24) is 19.9 Å². The number of carbonyl (C=O) groups is 1. The summed E-state index contributed by atoms with van der Waals surface area (Å²) < 4.78 is 19.6. The summed E-state index contributed by atoms with van der Waals surface area (Å²) in [5.74, 6) is 0.00256. The van der Waals surface area contributed by atoms with Gasteiger partial charge in [-0.05, 0) is 44.0 Å². The third-order valence-corrected chi connectivity index (χ3v) is 3.55. The first-order valence-corrected chi connectivity index (χ1v) is 7.44. The Morgan fingerprint density at radius 2 is 2.17 bits per heavy atom. The number of halogens is 1. The number of amides is 1. The lowest BCUT2D eigenvalue weighted by atomic mass is 10.2. The van der Waals surface area contributed by atoms with Crippen LogP contribution < -0.4 is 5.32 Å². The maximum absolute atomic E-state index is 13.3. The van der Waals surface area contributed by atoms with E-state index < -0.39 is 0 Å². The van der Waals surface area contributed by atoms with Crippen LogP contribution in [0.5, 0.6) is 0 Å². The monoisotopic (exact) mass is 329 g/mol. The summed E-state index contributed by atoms with van der Waals surface area (Å²) in [7, 11) is 0. The smallest absolute Gasteiger partial charge is 0.263 e. The summed E-state index contributed by atoms with van der Waals surface area (Å²) in [5, 5.41) is 10.8. The molecule has 0 atom stereocenters. The number of nitrogens with one attached hydrogen (secondary N) is 1. The van der Waals surface area contributed by atoms with Gasteiger partial charge in [0.25, 0.3) is 5.91 Å². The fourth-order valence-corrected chi connectivity index (χ4v) is 2.39. The molecule has 2 heterocycles. The number of aryl methyl sites for hydroxylation is 3. The first-order chi connectivity index (χ1) is 11.5. The van der Waals surface area contributed by atoms with E-state index in [9.17, 15) is 9.18 Å². The van der Waals surface area contributed by atoms with Gasteiger partial charge in [0.2, 0.25) is 5.95 Å². The molecule has 0 spiro atoms. The summed E-state index contributed by atoms with van der Waals surface area (Å²) in [6.45, 7) is 5.35. The van der Waals surface area contributed by atoms with Crippen molar-refractivity contribution in [3.63, 3.8) is 0 Å². The average molecular weight is 329 g/mol. The summed E-state index contributed by atoms with van der Waals surface area (Å²) >= 11 is 0. The molecule has 0 aliphatic heterocycles. The molecule has 0 aliphatic carbocycles. The van der Waals surface area contributed by atoms with Crippen LogP contribution in [-0.4, -0.2) is 25.8 Å². The molecule has 0 aliphatic rings. The van der Waals surface area contributed by atoms with Crippen molar-refractivity contribution in [1.29, 1.82) is 0 Å². The van der Waals surface area contributed by atoms with Gasteiger partial charge in [-0.25, -0.2) is 4.39 Å². The number of anilines is 1. The molecule has 7 nitrogen and oxygen atoms in total. The quantitative estimate of drug-likeness (QED) is 0.795. The molecule has 0 saturated carbocycles. The Kier molecular flexibility index (Phi) is 4.11. The zero-order valence-corrected chi connectivity index (χ0v) is 13.5. The highest BCUT2D eigenvalue weighted by Crippen LogP contribution is 2.20. The summed E-state index contributed by atoms with van der Waals surface area (Å²) in [6, 6.07) is 4.32. The van der Waals surface area contributed by atoms with E-state index in [0.29, 0.717) is 34.8 Å². The van der Waals surface area contributed by atoms with Gasteiger partial charge in [0.1, 0.15) is 23.5 Å². The van der Waals surface area contributed by atoms with Crippen LogP contribution in [-0.2, 0) is 6.42 Å². The van der Waals surface area contributed by atoms with E-state index in [2.05, 4.69) is 20.6 Å². The van der Waals surface area contributed by atoms with E-state index in [1.165, 1.54) is 23.1 Å². The van der Waals surface area contributed by atoms with Crippen LogP contribution >= 0.6 is 0 Å². The normalized spacial score (nSPS) is 10.8. The minimum Gasteiger partial charge on any atom is -0.364 e. The third kappa shape index (κ3) is 2.90. The van der Waals surface area contributed by atoms with Crippen molar-refractivity contribution in [3.05, 3.63) is 52.9 Å². The zero-order valence-electron chi connectivity index (χ0n) is 13.5. The van der Waals surface area contributed by atoms with Gasteiger partial charge in [-0.15, -0.1) is 5.10 Å². The SMILES string of the molecule is CCc1nocc1C(=O)Nc1nc(C)nn1-c1ccc(F)cc1C. The Bertz CT molecular complexity index is 900. The van der Waals surface area contributed by atoms with Crippen molar-refractivity contribution < 1.29 is 13.7 Å². The molecular weight excluding hydrogens is 313 g/mol. The average Bonchev–Trinajstić information content (AvgIpc) is 3.13. The van der Waals surface area contributed by atoms with Gasteiger partial charge in [0.15, 0.2) is 0 Å². The molecule has 0 saturated heterocycles. The minimum absolute atomic E-state index is 0.246. The first-order valence-electron chi connectivity index (χ1n) is 7.44. The van der Waals surface area contributed by atoms with Crippen LogP contribution in [0, 0.1) is 19.7 Å². The van der Waals surface area contributed by atoms with Gasteiger partial charge in [-0.2, -0.15) is 9.67 Å². The van der Waals surface area contributed by atoms with E-state index in [4.69, 9.17) is 4.52 Å². The van der Waals surface area contributed by atoms with Gasteiger partial charge in [-0.1, -0.05) is 12.1 Å². The molecule has 0 fully saturated rings. The van der Waals surface area contributed by atoms with Crippen molar-refractivity contribution in [3.8, 4) is 5.69 Å². The topological polar surface area (TPSA) is 85.8 Å². The zero-order chi connectivity index (χ0) is 17.3. The molecular formula is C16H16FN5O2. The molecule has 24 heavy (non-hydrogen) atoms. The van der Waals surface area contributed by atoms with Gasteiger partial charge in [0, 0.05) is 0 Å². The Morgan fingerprint density at radius 1 is 1.38 bits per heavy atom. The number of rotatable bonds is 4. The maximum Gasteiger partial charge on any atom is 0.263 e. The van der Waals surface area contributed by atoms with Crippen molar-refractivity contribution >= 4 is 11.9 Å². The van der Waals surface area contributed by atoms with E-state index in [0.717, 1.165) is 0 Å². The molecule has 124 valence electrons. The predicted octanol–water partition coefficient (Wildman–Crippen LogP) is 2.83. The van der Waals surface area contributed by atoms with Gasteiger partial charge in [-0.3, -0.25) is 10.1 Å². The molecule has 8 heteroatoms. The van der Waals surface area contributed by atoms with Crippen LogP contribution in [0.25, 0.3) is 5.69 Å². The fourth-order valence-electron chi connectivity index (χ4n) is 2.39. The Balaban J connectivity index is 1.96. The summed E-state index contributed by atoms with van der Waals surface area (Å²) in [5.41, 5.74) is 2.22. The molecule has 1 amide bonds. The summed E-state index contributed by atoms with van der Waals surface area (Å²) in [6.07, 6.45) is 1.87. The van der Waals surface area contributed by atoms with E-state index in [-0.39, 0.29) is 17.7 Å². The lowest BCUT2D eigenvalue weighted by molar-refractivity contribution is 0.102. The van der Waals surface area contributed by atoms with Gasteiger partial charge < -0.3 is 4.52 Å². The van der Waals surface area contributed by atoms with Crippen LogP contribution in [0.3, 0.4) is 0 Å². The highest BCUT2D eigenvalue weighted by Gasteiger charge is 2.19. The third-order valence-electron chi connectivity index (χ3n) is 3.55. The fraction of sp³-hybridized carbons (Fsp3) is 0.250. The van der Waals surface area contributed by atoms with Crippen LogP contribution in [0.1, 0.15) is 34.4 Å². The Hall–Kier alpha value is -3.03. The van der Waals surface area contributed by atoms with Crippen molar-refractivity contribution in [2.75, 3.05) is 5.32 Å². The van der Waals surface area contributed by atoms with Crippen LogP contribution in [0.4, 0.5) is 10.3 Å². The van der Waals surface area contributed by atoms with Crippen LogP contribution in [0.15, 0.2) is 29.0 Å². The number of carbonyl (C=O) groups excluding carboxylic acids is 1. The van der Waals surface area contributed by atoms with Crippen molar-refractivity contribution in [2.45, 2.75) is 27.2 Å². The molecule has 2 aromatic heterocycles. The number of hydrogen-bond donors (Lipinski definition) is 1. The Labute approximate surface area is 137 Å². The Morgan fingerprint density at radius 3 is 2.88 bits per heavy atom. The lowest BCUT2D eigenvalue weighted by Crippen LogP contribution is -2.17. The molecule has 0 radical (unpaired) electrons. The highest BCUT2D eigenvalue weighted by atomic mass is 19.1. The molecule has 1 aromatic carbocycles. The second-order valence-electron chi connectivity index (χ2n) is 5.31. The van der Waals surface area contributed by atoms with Gasteiger partial charge in [0.05, 0.1) is 11.4 Å². The number of benzene rings is 1. The van der Waals surface area contributed by atoms with Crippen molar-refractivity contribution in [2.24, 2.45) is 0 Å². The number of aromatic nitrogens is 4. The molecule has 3 aromatic rings. The second-order valence-corrected chi connectivity index (χ2v) is 5.31. The molecule has 0 bridgehead atoms. The second kappa shape index (κ2) is 6.23. The van der Waals surface area contributed by atoms with E-state index in [1.807, 2.05) is 6.92 Å². The molecule has 3 rings (SSSR count). The maximum atomic E-state index is 13.3. The highest BCUT2D eigenvalue weighted by molar-refractivity contribution is 6.04. The van der Waals surface area contributed by atoms with Gasteiger partial charge >= 0.3 is 0 Å². The predicted molar refractivity (Wildman–Crippen MR) is 84.6 cm³/mol. The number of hydrogen-bond acceptors (Lipinski definition) is 5. The largest absolute Gasteiger partial charge is 0.364 e. The standard InChI is InChI=1S/C16H16FN5O2/c1-4-13-12(8-24-21-13)15(23)19-16-18-10(3)20-22(16)14-6-5-11(17)7-9(14)2/h5-8H,4H2,1-3H3,(H,18,19,20,23). The first kappa shape index (κ1) is 15.9. The van der Waals surface area contributed by atoms with E-state index >= 15 is 0 Å².